The van der Waals surface area contributed by atoms with E-state index in [-0.39, 0.29) is 11.3 Å². The highest BCUT2D eigenvalue weighted by Crippen LogP contribution is 2.26. The van der Waals surface area contributed by atoms with Gasteiger partial charge in [0.2, 0.25) is 0 Å². The normalized spacial score (nSPS) is 10.7. The monoisotopic (exact) mass is 358 g/mol. The molecule has 0 aliphatic heterocycles. The van der Waals surface area contributed by atoms with Crippen LogP contribution in [0.3, 0.4) is 0 Å². The predicted molar refractivity (Wildman–Crippen MR) is 95.5 cm³/mol. The van der Waals surface area contributed by atoms with E-state index in [2.05, 4.69) is 16.0 Å². The number of aromatic nitrogens is 3. The fourth-order valence-corrected chi connectivity index (χ4v) is 2.85. The zero-order valence-electron chi connectivity index (χ0n) is 13.8. The summed E-state index contributed by atoms with van der Waals surface area (Å²) < 4.78 is 16.3. The molecule has 0 bridgehead atoms. The Hall–Kier alpha value is -4.05. The van der Waals surface area contributed by atoms with E-state index in [1.165, 1.54) is 24.4 Å². The van der Waals surface area contributed by atoms with Crippen molar-refractivity contribution in [2.75, 3.05) is 0 Å². The average molecular weight is 358 g/mol. The van der Waals surface area contributed by atoms with Gasteiger partial charge in [0.15, 0.2) is 5.65 Å². The van der Waals surface area contributed by atoms with Crippen LogP contribution < -0.4 is 0 Å². The van der Waals surface area contributed by atoms with Crippen molar-refractivity contribution in [2.24, 2.45) is 0 Å². The molecule has 0 unspecified atom stereocenters. The molecule has 27 heavy (non-hydrogen) atoms. The molecule has 0 atom stereocenters. The van der Waals surface area contributed by atoms with E-state index in [4.69, 9.17) is 10.4 Å². The molecule has 2 aromatic heterocycles. The zero-order chi connectivity index (χ0) is 19.0. The molecule has 6 nitrogen and oxygen atoms in total. The Kier molecular flexibility index (Phi) is 3.86. The summed E-state index contributed by atoms with van der Waals surface area (Å²) in [5.41, 5.74) is 2.65. The summed E-state index contributed by atoms with van der Waals surface area (Å²) in [5.74, 6) is -2.17. The largest absolute Gasteiger partial charge is 0.478 e. The summed E-state index contributed by atoms with van der Waals surface area (Å²) in [6, 6.07) is 13.2. The molecule has 2 aromatic carbocycles. The molecule has 0 aliphatic carbocycles. The molecule has 0 fully saturated rings. The Morgan fingerprint density at radius 3 is 2.59 bits per heavy atom. The maximum absolute atomic E-state index is 14.6. The first-order chi connectivity index (χ1) is 13.1. The van der Waals surface area contributed by atoms with Crippen molar-refractivity contribution in [3.63, 3.8) is 0 Å². The van der Waals surface area contributed by atoms with Crippen LogP contribution in [0.1, 0.15) is 15.9 Å². The maximum Gasteiger partial charge on any atom is 0.338 e. The highest BCUT2D eigenvalue weighted by Gasteiger charge is 2.17. The standard InChI is InChI=1S/C20H11FN4O2/c21-19-14(2-1-3-15(19)20(26)27)16-11-25-17(9-24-18(25)10-23-16)13-6-4-12(8-22)5-7-13/h1-7,9-11H,(H,26,27). The minimum Gasteiger partial charge on any atom is -0.478 e. The van der Waals surface area contributed by atoms with E-state index in [1.54, 1.807) is 41.1 Å². The molecule has 0 amide bonds. The number of halogens is 1. The summed E-state index contributed by atoms with van der Waals surface area (Å²) in [7, 11) is 0. The Labute approximate surface area is 152 Å². The van der Waals surface area contributed by atoms with E-state index in [1.807, 2.05) is 0 Å². The number of fused-ring (bicyclic) bond motifs is 1. The Morgan fingerprint density at radius 2 is 1.89 bits per heavy atom. The minimum atomic E-state index is -1.34. The highest BCUT2D eigenvalue weighted by atomic mass is 19.1. The van der Waals surface area contributed by atoms with Gasteiger partial charge in [0, 0.05) is 17.3 Å². The van der Waals surface area contributed by atoms with Gasteiger partial charge in [-0.3, -0.25) is 9.38 Å². The summed E-state index contributed by atoms with van der Waals surface area (Å²) in [6.07, 6.45) is 4.77. The molecule has 0 aliphatic rings. The second-order valence-electron chi connectivity index (χ2n) is 5.81. The quantitative estimate of drug-likeness (QED) is 0.602. The Bertz CT molecular complexity index is 1220. The SMILES string of the molecule is N#Cc1ccc(-c2cnc3cnc(-c4cccc(C(=O)O)c4F)cn23)cc1. The number of carbonyl (C=O) groups is 1. The van der Waals surface area contributed by atoms with Gasteiger partial charge in [-0.2, -0.15) is 5.26 Å². The number of nitriles is 1. The van der Waals surface area contributed by atoms with Gasteiger partial charge in [-0.05, 0) is 24.3 Å². The van der Waals surface area contributed by atoms with Gasteiger partial charge in [-0.15, -0.1) is 0 Å². The third kappa shape index (κ3) is 2.79. The number of nitrogens with zero attached hydrogens (tertiary/aromatic N) is 4. The van der Waals surface area contributed by atoms with Gasteiger partial charge in [0.25, 0.3) is 0 Å². The van der Waals surface area contributed by atoms with E-state index in [0.29, 0.717) is 11.2 Å². The molecular weight excluding hydrogens is 347 g/mol. The van der Waals surface area contributed by atoms with Gasteiger partial charge < -0.3 is 5.11 Å². The van der Waals surface area contributed by atoms with Crippen LogP contribution in [0.4, 0.5) is 4.39 Å². The molecule has 1 N–H and O–H groups in total. The van der Waals surface area contributed by atoms with Crippen LogP contribution in [0.5, 0.6) is 0 Å². The fraction of sp³-hybridized carbons (Fsp3) is 0. The molecule has 130 valence electrons. The number of carboxylic acid groups (broad SMARTS) is 1. The molecule has 0 saturated carbocycles. The van der Waals surface area contributed by atoms with Crippen molar-refractivity contribution in [3.8, 4) is 28.6 Å². The van der Waals surface area contributed by atoms with E-state index in [0.717, 1.165) is 11.3 Å². The van der Waals surface area contributed by atoms with Crippen molar-refractivity contribution in [1.82, 2.24) is 14.4 Å². The van der Waals surface area contributed by atoms with Crippen molar-refractivity contribution >= 4 is 11.6 Å². The van der Waals surface area contributed by atoms with Crippen molar-refractivity contribution in [2.45, 2.75) is 0 Å². The molecule has 4 aromatic rings. The Morgan fingerprint density at radius 1 is 1.11 bits per heavy atom. The van der Waals surface area contributed by atoms with Gasteiger partial charge in [0.05, 0.1) is 41.0 Å². The van der Waals surface area contributed by atoms with Crippen molar-refractivity contribution < 1.29 is 14.3 Å². The molecule has 0 radical (unpaired) electrons. The number of imidazole rings is 1. The smallest absolute Gasteiger partial charge is 0.338 e. The van der Waals surface area contributed by atoms with E-state index < -0.39 is 17.3 Å². The van der Waals surface area contributed by atoms with Gasteiger partial charge in [-0.1, -0.05) is 18.2 Å². The molecule has 7 heteroatoms. The summed E-state index contributed by atoms with van der Waals surface area (Å²) in [4.78, 5) is 19.7. The molecule has 0 saturated heterocycles. The summed E-state index contributed by atoms with van der Waals surface area (Å²) in [5, 5.41) is 18.0. The number of carboxylic acids is 1. The van der Waals surface area contributed by atoms with Crippen molar-refractivity contribution in [3.05, 3.63) is 78.0 Å². The third-order valence-corrected chi connectivity index (χ3v) is 4.21. The van der Waals surface area contributed by atoms with E-state index >= 15 is 0 Å². The number of hydrogen-bond donors (Lipinski definition) is 1. The van der Waals surface area contributed by atoms with Gasteiger partial charge in [-0.25, -0.2) is 14.2 Å². The third-order valence-electron chi connectivity index (χ3n) is 4.21. The van der Waals surface area contributed by atoms with Crippen LogP contribution in [0.25, 0.3) is 28.2 Å². The summed E-state index contributed by atoms with van der Waals surface area (Å²) >= 11 is 0. The van der Waals surface area contributed by atoms with Crippen LogP contribution in [0.15, 0.2) is 61.1 Å². The van der Waals surface area contributed by atoms with Crippen LogP contribution >= 0.6 is 0 Å². The first kappa shape index (κ1) is 16.4. The lowest BCUT2D eigenvalue weighted by molar-refractivity contribution is 0.0692. The molecule has 4 rings (SSSR count). The Balaban J connectivity index is 1.87. The topological polar surface area (TPSA) is 91.3 Å². The van der Waals surface area contributed by atoms with Crippen LogP contribution in [0.2, 0.25) is 0 Å². The first-order valence-electron chi connectivity index (χ1n) is 7.94. The lowest BCUT2D eigenvalue weighted by Crippen LogP contribution is -2.03. The maximum atomic E-state index is 14.6. The lowest BCUT2D eigenvalue weighted by atomic mass is 10.1. The van der Waals surface area contributed by atoms with Crippen LogP contribution in [-0.2, 0) is 0 Å². The lowest BCUT2D eigenvalue weighted by Gasteiger charge is -2.07. The number of rotatable bonds is 3. The highest BCUT2D eigenvalue weighted by molar-refractivity contribution is 5.89. The number of aromatic carboxylic acids is 1. The van der Waals surface area contributed by atoms with Gasteiger partial charge >= 0.3 is 5.97 Å². The van der Waals surface area contributed by atoms with Gasteiger partial charge in [0.1, 0.15) is 5.82 Å². The number of benzene rings is 2. The molecular formula is C20H11FN4O2. The fourth-order valence-electron chi connectivity index (χ4n) is 2.85. The van der Waals surface area contributed by atoms with Crippen LogP contribution in [-0.4, -0.2) is 25.4 Å². The summed E-state index contributed by atoms with van der Waals surface area (Å²) in [6.45, 7) is 0. The second kappa shape index (κ2) is 6.35. The first-order valence-corrected chi connectivity index (χ1v) is 7.94. The number of hydrogen-bond acceptors (Lipinski definition) is 4. The zero-order valence-corrected chi connectivity index (χ0v) is 13.8. The second-order valence-corrected chi connectivity index (χ2v) is 5.81. The predicted octanol–water partition coefficient (Wildman–Crippen LogP) is 3.77. The van der Waals surface area contributed by atoms with Crippen LogP contribution in [0, 0.1) is 17.1 Å². The minimum absolute atomic E-state index is 0.0938. The molecule has 2 heterocycles. The van der Waals surface area contributed by atoms with E-state index in [9.17, 15) is 9.18 Å². The molecule has 0 spiro atoms. The van der Waals surface area contributed by atoms with Crippen molar-refractivity contribution in [1.29, 1.82) is 5.26 Å². The average Bonchev–Trinajstić information content (AvgIpc) is 3.11.